The smallest absolute Gasteiger partial charge is 0.310 e. The normalized spacial score (nSPS) is 13.4. The Balaban J connectivity index is 1.49. The number of aromatic nitrogens is 6. The standard InChI is InChI=1S/C18H22N8O/c1-11(2)26-10-19-25-17(26)14-8-5-9-15(20-14)21-18(27)22-16-12-6-3-4-7-13(12)23-24-16/h5,8-11H,3-4,6-7H2,1-2H3,(H3,20,21,22,23,24,27). The van der Waals surface area contributed by atoms with E-state index in [0.29, 0.717) is 23.2 Å². The Morgan fingerprint density at radius 2 is 2.07 bits per heavy atom. The third-order valence-corrected chi connectivity index (χ3v) is 4.64. The number of nitrogens with zero attached hydrogens (tertiary/aromatic N) is 5. The number of nitrogens with one attached hydrogen (secondary N) is 3. The fraction of sp³-hybridized carbons (Fsp3) is 0.389. The van der Waals surface area contributed by atoms with Gasteiger partial charge in [-0.05, 0) is 51.7 Å². The average Bonchev–Trinajstić information content (AvgIpc) is 3.30. The maximum Gasteiger partial charge on any atom is 0.326 e. The molecule has 0 saturated heterocycles. The number of pyridine rings is 1. The summed E-state index contributed by atoms with van der Waals surface area (Å²) in [7, 11) is 0. The van der Waals surface area contributed by atoms with E-state index in [1.807, 2.05) is 30.5 Å². The van der Waals surface area contributed by atoms with Crippen molar-refractivity contribution in [3.63, 3.8) is 0 Å². The highest BCUT2D eigenvalue weighted by Crippen LogP contribution is 2.25. The molecular formula is C18H22N8O. The van der Waals surface area contributed by atoms with Crippen LogP contribution in [0.3, 0.4) is 0 Å². The van der Waals surface area contributed by atoms with Gasteiger partial charge in [0, 0.05) is 17.3 Å². The van der Waals surface area contributed by atoms with Crippen molar-refractivity contribution >= 4 is 17.7 Å². The Hall–Kier alpha value is -3.23. The number of amides is 2. The van der Waals surface area contributed by atoms with Crippen LogP contribution >= 0.6 is 0 Å². The summed E-state index contributed by atoms with van der Waals surface area (Å²) in [5, 5.41) is 20.9. The molecule has 0 spiro atoms. The molecule has 3 N–H and O–H groups in total. The second-order valence-electron chi connectivity index (χ2n) is 6.88. The maximum absolute atomic E-state index is 12.4. The van der Waals surface area contributed by atoms with Crippen molar-refractivity contribution in [3.8, 4) is 11.5 Å². The van der Waals surface area contributed by atoms with Gasteiger partial charge in [-0.15, -0.1) is 10.2 Å². The summed E-state index contributed by atoms with van der Waals surface area (Å²) >= 11 is 0. The van der Waals surface area contributed by atoms with E-state index in [2.05, 4.69) is 36.0 Å². The molecule has 140 valence electrons. The lowest BCUT2D eigenvalue weighted by atomic mass is 9.98. The first-order chi connectivity index (χ1) is 13.1. The molecule has 3 aromatic heterocycles. The van der Waals surface area contributed by atoms with Gasteiger partial charge in [0.2, 0.25) is 0 Å². The van der Waals surface area contributed by atoms with Gasteiger partial charge in [-0.2, -0.15) is 5.10 Å². The lowest BCUT2D eigenvalue weighted by Crippen LogP contribution is -2.21. The third-order valence-electron chi connectivity index (χ3n) is 4.64. The Morgan fingerprint density at radius 1 is 1.22 bits per heavy atom. The number of rotatable bonds is 4. The quantitative estimate of drug-likeness (QED) is 0.656. The first-order valence-corrected chi connectivity index (χ1v) is 9.13. The Bertz CT molecular complexity index is 958. The molecule has 0 fully saturated rings. The summed E-state index contributed by atoms with van der Waals surface area (Å²) in [5.74, 6) is 1.70. The highest BCUT2D eigenvalue weighted by molar-refractivity contribution is 5.99. The van der Waals surface area contributed by atoms with E-state index in [0.717, 1.165) is 36.9 Å². The molecule has 9 nitrogen and oxygen atoms in total. The number of hydrogen-bond donors (Lipinski definition) is 3. The van der Waals surface area contributed by atoms with Gasteiger partial charge in [0.05, 0.1) is 0 Å². The van der Waals surface area contributed by atoms with Crippen molar-refractivity contribution < 1.29 is 4.79 Å². The van der Waals surface area contributed by atoms with Crippen molar-refractivity contribution in [2.24, 2.45) is 0 Å². The summed E-state index contributed by atoms with van der Waals surface area (Å²) in [5.41, 5.74) is 2.86. The number of H-pyrrole nitrogens is 1. The monoisotopic (exact) mass is 366 g/mol. The zero-order valence-corrected chi connectivity index (χ0v) is 15.4. The van der Waals surface area contributed by atoms with Crippen LogP contribution in [0, 0.1) is 0 Å². The summed E-state index contributed by atoms with van der Waals surface area (Å²) in [4.78, 5) is 16.9. The van der Waals surface area contributed by atoms with E-state index in [9.17, 15) is 4.79 Å². The average molecular weight is 366 g/mol. The molecule has 0 saturated carbocycles. The van der Waals surface area contributed by atoms with Crippen LogP contribution in [0.2, 0.25) is 0 Å². The molecule has 0 radical (unpaired) electrons. The lowest BCUT2D eigenvalue weighted by molar-refractivity contribution is 0.262. The zero-order chi connectivity index (χ0) is 18.8. The van der Waals surface area contributed by atoms with Gasteiger partial charge in [0.15, 0.2) is 11.6 Å². The number of aromatic amines is 1. The van der Waals surface area contributed by atoms with E-state index in [1.165, 1.54) is 0 Å². The van der Waals surface area contributed by atoms with Crippen LogP contribution in [0.15, 0.2) is 24.5 Å². The summed E-state index contributed by atoms with van der Waals surface area (Å²) < 4.78 is 1.93. The SMILES string of the molecule is CC(C)n1cnnc1-c1cccc(NC(=O)Nc2n[nH]c3c2CCCC3)n1. The first-order valence-electron chi connectivity index (χ1n) is 9.13. The van der Waals surface area contributed by atoms with E-state index in [-0.39, 0.29) is 12.1 Å². The highest BCUT2D eigenvalue weighted by Gasteiger charge is 2.18. The third kappa shape index (κ3) is 3.53. The van der Waals surface area contributed by atoms with Gasteiger partial charge >= 0.3 is 6.03 Å². The van der Waals surface area contributed by atoms with Crippen LogP contribution in [-0.4, -0.2) is 36.0 Å². The Labute approximate surface area is 156 Å². The zero-order valence-electron chi connectivity index (χ0n) is 15.4. The molecule has 1 aliphatic carbocycles. The van der Waals surface area contributed by atoms with E-state index in [4.69, 9.17) is 0 Å². The minimum atomic E-state index is -0.371. The van der Waals surface area contributed by atoms with Crippen molar-refractivity contribution in [1.29, 1.82) is 0 Å². The molecule has 9 heteroatoms. The molecule has 3 aromatic rings. The number of urea groups is 1. The molecule has 0 aromatic carbocycles. The lowest BCUT2D eigenvalue weighted by Gasteiger charge is -2.12. The largest absolute Gasteiger partial charge is 0.326 e. The van der Waals surface area contributed by atoms with Crippen LogP contribution in [0.5, 0.6) is 0 Å². The Morgan fingerprint density at radius 3 is 2.93 bits per heavy atom. The van der Waals surface area contributed by atoms with E-state index >= 15 is 0 Å². The minimum absolute atomic E-state index is 0.211. The fourth-order valence-corrected chi connectivity index (χ4v) is 3.27. The van der Waals surface area contributed by atoms with Crippen LogP contribution in [0.25, 0.3) is 11.5 Å². The van der Waals surface area contributed by atoms with Crippen molar-refractivity contribution in [2.45, 2.75) is 45.6 Å². The van der Waals surface area contributed by atoms with E-state index in [1.54, 1.807) is 12.4 Å². The molecule has 0 bridgehead atoms. The van der Waals surface area contributed by atoms with Crippen LogP contribution < -0.4 is 10.6 Å². The predicted molar refractivity (Wildman–Crippen MR) is 102 cm³/mol. The second kappa shape index (κ2) is 7.18. The molecule has 0 aliphatic heterocycles. The van der Waals surface area contributed by atoms with Crippen molar-refractivity contribution in [2.75, 3.05) is 10.6 Å². The summed E-state index contributed by atoms with van der Waals surface area (Å²) in [6, 6.07) is 5.25. The predicted octanol–water partition coefficient (Wildman–Crippen LogP) is 3.17. The Kier molecular flexibility index (Phi) is 4.57. The van der Waals surface area contributed by atoms with Crippen molar-refractivity contribution in [1.82, 2.24) is 29.9 Å². The van der Waals surface area contributed by atoms with Gasteiger partial charge in [-0.3, -0.25) is 15.7 Å². The van der Waals surface area contributed by atoms with Gasteiger partial charge in [-0.25, -0.2) is 9.78 Å². The molecular weight excluding hydrogens is 344 g/mol. The molecule has 27 heavy (non-hydrogen) atoms. The molecule has 4 rings (SSSR count). The van der Waals surface area contributed by atoms with Gasteiger partial charge in [0.25, 0.3) is 0 Å². The van der Waals surface area contributed by atoms with Crippen molar-refractivity contribution in [3.05, 3.63) is 35.8 Å². The molecule has 0 atom stereocenters. The van der Waals surface area contributed by atoms with E-state index < -0.39 is 0 Å². The second-order valence-corrected chi connectivity index (χ2v) is 6.88. The number of anilines is 2. The van der Waals surface area contributed by atoms with Crippen LogP contribution in [0.4, 0.5) is 16.4 Å². The number of hydrogen-bond acceptors (Lipinski definition) is 5. The van der Waals surface area contributed by atoms with Crippen LogP contribution in [0.1, 0.15) is 44.0 Å². The number of aryl methyl sites for hydroxylation is 1. The summed E-state index contributed by atoms with van der Waals surface area (Å²) in [6.07, 6.45) is 5.85. The minimum Gasteiger partial charge on any atom is -0.310 e. The van der Waals surface area contributed by atoms with Gasteiger partial charge in [-0.1, -0.05) is 6.07 Å². The highest BCUT2D eigenvalue weighted by atomic mass is 16.2. The summed E-state index contributed by atoms with van der Waals surface area (Å²) in [6.45, 7) is 4.10. The van der Waals surface area contributed by atoms with Gasteiger partial charge in [0.1, 0.15) is 17.8 Å². The topological polar surface area (TPSA) is 113 Å². The molecule has 2 amide bonds. The first kappa shape index (κ1) is 17.2. The molecule has 1 aliphatic rings. The number of carbonyl (C=O) groups excluding carboxylic acids is 1. The fourth-order valence-electron chi connectivity index (χ4n) is 3.27. The maximum atomic E-state index is 12.4. The number of carbonyl (C=O) groups is 1. The molecule has 3 heterocycles. The van der Waals surface area contributed by atoms with Crippen LogP contribution in [-0.2, 0) is 12.8 Å². The number of fused-ring (bicyclic) bond motifs is 1. The molecule has 0 unspecified atom stereocenters. The van der Waals surface area contributed by atoms with Gasteiger partial charge < -0.3 is 4.57 Å².